The van der Waals surface area contributed by atoms with Gasteiger partial charge in [-0.15, -0.1) is 0 Å². The van der Waals surface area contributed by atoms with Crippen LogP contribution in [0.4, 0.5) is 0 Å². The van der Waals surface area contributed by atoms with Crippen molar-refractivity contribution in [3.63, 3.8) is 0 Å². The molecule has 0 spiro atoms. The fraction of sp³-hybridized carbons (Fsp3) is 0.125. The maximum Gasteiger partial charge on any atom is 0.282 e. The zero-order chi connectivity index (χ0) is 16.6. The SMILES string of the molecule is C=C(C)C(=O)S(=O)(=O)C(=O)C(=C)C.C=Cc1ccccc1. The van der Waals surface area contributed by atoms with Crippen LogP contribution < -0.4 is 0 Å². The molecule has 112 valence electrons. The van der Waals surface area contributed by atoms with Crippen LogP contribution in [0.5, 0.6) is 0 Å². The highest BCUT2D eigenvalue weighted by Crippen LogP contribution is 2.07. The Morgan fingerprint density at radius 2 is 1.33 bits per heavy atom. The van der Waals surface area contributed by atoms with Gasteiger partial charge in [0.05, 0.1) is 0 Å². The lowest BCUT2D eigenvalue weighted by Crippen LogP contribution is -2.24. The largest absolute Gasteiger partial charge is 0.282 e. The van der Waals surface area contributed by atoms with Crippen molar-refractivity contribution < 1.29 is 18.0 Å². The van der Waals surface area contributed by atoms with Crippen molar-refractivity contribution in [1.29, 1.82) is 0 Å². The zero-order valence-electron chi connectivity index (χ0n) is 12.1. The second-order valence-corrected chi connectivity index (χ2v) is 6.00. The molecule has 0 N–H and O–H groups in total. The number of carbonyl (C=O) groups excluding carboxylic acids is 2. The third-order valence-corrected chi connectivity index (χ3v) is 3.89. The van der Waals surface area contributed by atoms with E-state index in [0.29, 0.717) is 0 Å². The topological polar surface area (TPSA) is 68.3 Å². The molecule has 1 aromatic rings. The summed E-state index contributed by atoms with van der Waals surface area (Å²) >= 11 is 0. The minimum absolute atomic E-state index is 0.186. The van der Waals surface area contributed by atoms with Crippen molar-refractivity contribution >= 4 is 26.1 Å². The summed E-state index contributed by atoms with van der Waals surface area (Å²) in [6, 6.07) is 10.0. The van der Waals surface area contributed by atoms with Crippen molar-refractivity contribution in [3.8, 4) is 0 Å². The molecule has 0 aromatic heterocycles. The molecule has 0 amide bonds. The van der Waals surface area contributed by atoms with Crippen LogP contribution in [0, 0.1) is 0 Å². The molecule has 5 heteroatoms. The van der Waals surface area contributed by atoms with Crippen LogP contribution in [0.25, 0.3) is 6.08 Å². The monoisotopic (exact) mass is 306 g/mol. The third kappa shape index (κ3) is 5.71. The first-order chi connectivity index (χ1) is 9.64. The normalized spacial score (nSPS) is 9.81. The van der Waals surface area contributed by atoms with Crippen LogP contribution in [0.3, 0.4) is 0 Å². The standard InChI is InChI=1S/C8H10O4S.C8H8/c1-5(2)7(9)13(11,12)8(10)6(3)4;1-2-8-6-4-3-5-7-8/h1,3H2,2,4H3;2-7H,1H2. The molecular weight excluding hydrogens is 288 g/mol. The van der Waals surface area contributed by atoms with Gasteiger partial charge in [0, 0.05) is 11.1 Å². The second kappa shape index (κ2) is 8.11. The molecule has 0 fully saturated rings. The average molecular weight is 306 g/mol. The molecule has 0 aliphatic carbocycles. The maximum absolute atomic E-state index is 11.1. The van der Waals surface area contributed by atoms with Crippen LogP contribution in [0.1, 0.15) is 19.4 Å². The third-order valence-electron chi connectivity index (χ3n) is 2.22. The van der Waals surface area contributed by atoms with E-state index in [4.69, 9.17) is 0 Å². The van der Waals surface area contributed by atoms with Gasteiger partial charge in [-0.1, -0.05) is 56.1 Å². The molecule has 0 atom stereocenters. The Labute approximate surface area is 125 Å². The summed E-state index contributed by atoms with van der Waals surface area (Å²) in [6.45, 7) is 12.4. The summed E-state index contributed by atoms with van der Waals surface area (Å²) in [5, 5.41) is -2.50. The number of rotatable bonds is 3. The number of carbonyl (C=O) groups is 2. The molecule has 0 heterocycles. The van der Waals surface area contributed by atoms with Gasteiger partial charge in [-0.3, -0.25) is 9.59 Å². The lowest BCUT2D eigenvalue weighted by atomic mass is 10.2. The van der Waals surface area contributed by atoms with Gasteiger partial charge in [-0.05, 0) is 19.4 Å². The first-order valence-corrected chi connectivity index (χ1v) is 7.45. The Balaban J connectivity index is 0.000000423. The molecule has 0 unspecified atom stereocenters. The second-order valence-electron chi connectivity index (χ2n) is 4.25. The van der Waals surface area contributed by atoms with Crippen LogP contribution in [-0.2, 0) is 19.4 Å². The Hall–Kier alpha value is -2.27. The molecule has 0 bridgehead atoms. The Bertz CT molecular complexity index is 635. The quantitative estimate of drug-likeness (QED) is 0.805. The zero-order valence-corrected chi connectivity index (χ0v) is 12.9. The van der Waals surface area contributed by atoms with Crippen LogP contribution >= 0.6 is 0 Å². The van der Waals surface area contributed by atoms with Crippen LogP contribution in [0.15, 0.2) is 61.2 Å². The van der Waals surface area contributed by atoms with Crippen molar-refractivity contribution in [2.24, 2.45) is 0 Å². The molecule has 0 radical (unpaired) electrons. The van der Waals surface area contributed by atoms with E-state index in [2.05, 4.69) is 19.7 Å². The van der Waals surface area contributed by atoms with E-state index < -0.39 is 20.1 Å². The highest BCUT2D eigenvalue weighted by atomic mass is 32.2. The smallest absolute Gasteiger partial charge is 0.276 e. The van der Waals surface area contributed by atoms with Gasteiger partial charge in [0.2, 0.25) is 0 Å². The van der Waals surface area contributed by atoms with E-state index in [-0.39, 0.29) is 11.1 Å². The predicted octanol–water partition coefficient (Wildman–Crippen LogP) is 2.94. The fourth-order valence-electron chi connectivity index (χ4n) is 1.13. The Morgan fingerprint density at radius 3 is 1.57 bits per heavy atom. The molecule has 0 saturated carbocycles. The maximum atomic E-state index is 11.1. The number of hydrogen-bond donors (Lipinski definition) is 0. The fourth-order valence-corrected chi connectivity index (χ4v) is 2.22. The lowest BCUT2D eigenvalue weighted by Gasteiger charge is -1.99. The first-order valence-electron chi connectivity index (χ1n) is 5.96. The summed E-state index contributed by atoms with van der Waals surface area (Å²) in [6.07, 6.45) is 1.83. The van der Waals surface area contributed by atoms with Crippen molar-refractivity contribution in [1.82, 2.24) is 0 Å². The van der Waals surface area contributed by atoms with Crippen molar-refractivity contribution in [3.05, 3.63) is 66.8 Å². The summed E-state index contributed by atoms with van der Waals surface area (Å²) in [5.41, 5.74) is 0.803. The van der Waals surface area contributed by atoms with Crippen molar-refractivity contribution in [2.75, 3.05) is 0 Å². The van der Waals surface area contributed by atoms with E-state index in [1.54, 1.807) is 0 Å². The molecule has 21 heavy (non-hydrogen) atoms. The number of hydrogen-bond acceptors (Lipinski definition) is 4. The van der Waals surface area contributed by atoms with E-state index in [1.807, 2.05) is 36.4 Å². The van der Waals surface area contributed by atoms with Gasteiger partial charge < -0.3 is 0 Å². The van der Waals surface area contributed by atoms with Gasteiger partial charge in [-0.25, -0.2) is 8.42 Å². The summed E-state index contributed by atoms with van der Waals surface area (Å²) in [4.78, 5) is 21.9. The van der Waals surface area contributed by atoms with E-state index in [9.17, 15) is 18.0 Å². The molecule has 0 aliphatic rings. The van der Waals surface area contributed by atoms with Crippen LogP contribution in [-0.4, -0.2) is 18.6 Å². The highest BCUT2D eigenvalue weighted by molar-refractivity contribution is 8.19. The summed E-state index contributed by atoms with van der Waals surface area (Å²) < 4.78 is 22.2. The number of benzene rings is 1. The molecular formula is C16H18O4S. The first kappa shape index (κ1) is 18.7. The lowest BCUT2D eigenvalue weighted by molar-refractivity contribution is -0.111. The van der Waals surface area contributed by atoms with E-state index in [0.717, 1.165) is 0 Å². The Morgan fingerprint density at radius 1 is 0.952 bits per heavy atom. The molecule has 1 rings (SSSR count). The highest BCUT2D eigenvalue weighted by Gasteiger charge is 2.31. The van der Waals surface area contributed by atoms with Gasteiger partial charge in [-0.2, -0.15) is 0 Å². The van der Waals surface area contributed by atoms with Gasteiger partial charge in [0.25, 0.3) is 20.1 Å². The minimum Gasteiger partial charge on any atom is -0.276 e. The average Bonchev–Trinajstić information content (AvgIpc) is 2.46. The van der Waals surface area contributed by atoms with Crippen LogP contribution in [0.2, 0.25) is 0 Å². The molecule has 1 aromatic carbocycles. The molecule has 4 nitrogen and oxygen atoms in total. The van der Waals surface area contributed by atoms with E-state index in [1.165, 1.54) is 19.4 Å². The Kier molecular flexibility index (Phi) is 7.24. The minimum atomic E-state index is -4.41. The van der Waals surface area contributed by atoms with Gasteiger partial charge >= 0.3 is 0 Å². The summed E-state index contributed by atoms with van der Waals surface area (Å²) in [5.74, 6) is 0. The van der Waals surface area contributed by atoms with Crippen molar-refractivity contribution in [2.45, 2.75) is 13.8 Å². The van der Waals surface area contributed by atoms with Gasteiger partial charge in [0.15, 0.2) is 0 Å². The van der Waals surface area contributed by atoms with E-state index >= 15 is 0 Å². The molecule has 0 saturated heterocycles. The predicted molar refractivity (Wildman–Crippen MR) is 85.1 cm³/mol. The van der Waals surface area contributed by atoms with Gasteiger partial charge in [0.1, 0.15) is 0 Å². The molecule has 0 aliphatic heterocycles. The summed E-state index contributed by atoms with van der Waals surface area (Å²) in [7, 11) is -4.41. The number of sulfone groups is 1.